The Morgan fingerprint density at radius 2 is 1.64 bits per heavy atom. The molecule has 7 heteroatoms. The minimum absolute atomic E-state index is 0.513. The SMILES string of the molecule is C=CCN=c1scc(-c2ccc3cc(OC)ccc3c2)n1N=Cc1ccc(OC)cc1OC. The van der Waals surface area contributed by atoms with Crippen LogP contribution in [0.1, 0.15) is 5.56 Å². The second kappa shape index (κ2) is 10.2. The van der Waals surface area contributed by atoms with Crippen LogP contribution in [0.5, 0.6) is 17.2 Å². The van der Waals surface area contributed by atoms with Crippen LogP contribution in [-0.4, -0.2) is 38.8 Å². The van der Waals surface area contributed by atoms with E-state index >= 15 is 0 Å². The molecule has 33 heavy (non-hydrogen) atoms. The van der Waals surface area contributed by atoms with E-state index in [9.17, 15) is 0 Å². The van der Waals surface area contributed by atoms with Crippen LogP contribution in [-0.2, 0) is 0 Å². The van der Waals surface area contributed by atoms with Crippen molar-refractivity contribution in [2.24, 2.45) is 10.1 Å². The minimum Gasteiger partial charge on any atom is -0.497 e. The van der Waals surface area contributed by atoms with Gasteiger partial charge in [-0.2, -0.15) is 5.10 Å². The highest BCUT2D eigenvalue weighted by Crippen LogP contribution is 2.28. The Morgan fingerprint density at radius 3 is 2.39 bits per heavy atom. The van der Waals surface area contributed by atoms with Crippen molar-refractivity contribution in [1.29, 1.82) is 0 Å². The Bertz CT molecular complexity index is 1390. The van der Waals surface area contributed by atoms with Gasteiger partial charge in [0.15, 0.2) is 0 Å². The van der Waals surface area contributed by atoms with Gasteiger partial charge in [-0.15, -0.1) is 17.9 Å². The molecule has 6 nitrogen and oxygen atoms in total. The summed E-state index contributed by atoms with van der Waals surface area (Å²) in [5.41, 5.74) is 2.83. The molecule has 1 heterocycles. The number of benzene rings is 3. The summed E-state index contributed by atoms with van der Waals surface area (Å²) in [6.45, 7) is 4.29. The number of thiazole rings is 1. The topological polar surface area (TPSA) is 57.3 Å². The van der Waals surface area contributed by atoms with Gasteiger partial charge >= 0.3 is 0 Å². The maximum Gasteiger partial charge on any atom is 0.206 e. The van der Waals surface area contributed by atoms with E-state index < -0.39 is 0 Å². The van der Waals surface area contributed by atoms with Crippen molar-refractivity contribution < 1.29 is 14.2 Å². The van der Waals surface area contributed by atoms with Gasteiger partial charge in [-0.1, -0.05) is 24.3 Å². The maximum atomic E-state index is 5.51. The summed E-state index contributed by atoms with van der Waals surface area (Å²) in [5.74, 6) is 2.24. The van der Waals surface area contributed by atoms with Crippen molar-refractivity contribution in [1.82, 2.24) is 4.68 Å². The summed E-state index contributed by atoms with van der Waals surface area (Å²) in [6, 6.07) is 18.0. The van der Waals surface area contributed by atoms with Gasteiger partial charge in [0.2, 0.25) is 4.80 Å². The van der Waals surface area contributed by atoms with Crippen molar-refractivity contribution in [3.63, 3.8) is 0 Å². The third-order valence-corrected chi connectivity index (χ3v) is 5.99. The Labute approximate surface area is 196 Å². The number of hydrogen-bond acceptors (Lipinski definition) is 6. The van der Waals surface area contributed by atoms with Crippen LogP contribution in [0.4, 0.5) is 0 Å². The zero-order valence-electron chi connectivity index (χ0n) is 18.8. The molecular weight excluding hydrogens is 434 g/mol. The summed E-state index contributed by atoms with van der Waals surface area (Å²) in [6.07, 6.45) is 3.54. The maximum absolute atomic E-state index is 5.51. The van der Waals surface area contributed by atoms with Gasteiger partial charge < -0.3 is 14.2 Å². The fraction of sp³-hybridized carbons (Fsp3) is 0.154. The predicted molar refractivity (Wildman–Crippen MR) is 135 cm³/mol. The molecule has 0 N–H and O–H groups in total. The molecule has 0 aliphatic carbocycles. The van der Waals surface area contributed by atoms with E-state index in [-0.39, 0.29) is 0 Å². The summed E-state index contributed by atoms with van der Waals surface area (Å²) in [5, 5.41) is 9.07. The molecule has 0 amide bonds. The lowest BCUT2D eigenvalue weighted by Gasteiger charge is -2.08. The fourth-order valence-corrected chi connectivity index (χ4v) is 4.26. The van der Waals surface area contributed by atoms with Gasteiger partial charge in [-0.25, -0.2) is 4.68 Å². The van der Waals surface area contributed by atoms with Crippen LogP contribution in [0.3, 0.4) is 0 Å². The number of ether oxygens (including phenoxy) is 3. The molecule has 0 atom stereocenters. The van der Waals surface area contributed by atoms with E-state index in [2.05, 4.69) is 41.2 Å². The number of nitrogens with zero attached hydrogens (tertiary/aromatic N) is 3. The van der Waals surface area contributed by atoms with Gasteiger partial charge in [-0.05, 0) is 41.1 Å². The molecule has 0 bridgehead atoms. The second-order valence-corrected chi connectivity index (χ2v) is 7.96. The summed E-state index contributed by atoms with van der Waals surface area (Å²) >= 11 is 1.54. The number of fused-ring (bicyclic) bond motifs is 1. The molecule has 0 radical (unpaired) electrons. The van der Waals surface area contributed by atoms with Crippen molar-refractivity contribution in [3.05, 3.63) is 83.0 Å². The fourth-order valence-electron chi connectivity index (χ4n) is 3.42. The quantitative estimate of drug-likeness (QED) is 0.263. The zero-order valence-corrected chi connectivity index (χ0v) is 19.6. The van der Waals surface area contributed by atoms with Crippen molar-refractivity contribution in [3.8, 4) is 28.5 Å². The normalized spacial score (nSPS) is 11.8. The van der Waals surface area contributed by atoms with E-state index in [4.69, 9.17) is 19.3 Å². The molecule has 0 aliphatic heterocycles. The van der Waals surface area contributed by atoms with E-state index in [1.807, 2.05) is 35.0 Å². The first-order valence-corrected chi connectivity index (χ1v) is 11.2. The first-order chi connectivity index (χ1) is 16.2. The molecule has 0 fully saturated rings. The Hall–Kier alpha value is -3.84. The highest BCUT2D eigenvalue weighted by atomic mass is 32.1. The van der Waals surface area contributed by atoms with Crippen molar-refractivity contribution >= 4 is 28.3 Å². The van der Waals surface area contributed by atoms with Gasteiger partial charge in [-0.3, -0.25) is 4.99 Å². The van der Waals surface area contributed by atoms with Crippen LogP contribution >= 0.6 is 11.3 Å². The van der Waals surface area contributed by atoms with E-state index in [1.165, 1.54) is 11.3 Å². The molecular formula is C26H25N3O3S. The lowest BCUT2D eigenvalue weighted by molar-refractivity contribution is 0.394. The number of methoxy groups -OCH3 is 3. The van der Waals surface area contributed by atoms with Crippen LogP contribution < -0.4 is 19.0 Å². The number of aromatic nitrogens is 1. The smallest absolute Gasteiger partial charge is 0.206 e. The predicted octanol–water partition coefficient (Wildman–Crippen LogP) is 5.36. The second-order valence-electron chi connectivity index (χ2n) is 7.12. The molecule has 4 rings (SSSR count). The molecule has 0 saturated carbocycles. The summed E-state index contributed by atoms with van der Waals surface area (Å²) < 4.78 is 18.0. The molecule has 168 valence electrons. The molecule has 4 aromatic rings. The highest BCUT2D eigenvalue weighted by Gasteiger charge is 2.10. The first-order valence-electron chi connectivity index (χ1n) is 10.3. The Balaban J connectivity index is 1.80. The van der Waals surface area contributed by atoms with Crippen LogP contribution in [0.15, 0.2) is 82.7 Å². The highest BCUT2D eigenvalue weighted by molar-refractivity contribution is 7.07. The monoisotopic (exact) mass is 459 g/mol. The largest absolute Gasteiger partial charge is 0.497 e. The van der Waals surface area contributed by atoms with Crippen molar-refractivity contribution in [2.75, 3.05) is 27.9 Å². The average Bonchev–Trinajstić information content (AvgIpc) is 3.27. The third-order valence-electron chi connectivity index (χ3n) is 5.14. The van der Waals surface area contributed by atoms with Gasteiger partial charge in [0, 0.05) is 22.6 Å². The van der Waals surface area contributed by atoms with E-state index in [0.29, 0.717) is 12.3 Å². The lowest BCUT2D eigenvalue weighted by Crippen LogP contribution is -2.12. The zero-order chi connectivity index (χ0) is 23.2. The van der Waals surface area contributed by atoms with E-state index in [1.54, 1.807) is 33.6 Å². The molecule has 0 spiro atoms. The number of rotatable bonds is 8. The van der Waals surface area contributed by atoms with Gasteiger partial charge in [0.25, 0.3) is 0 Å². The lowest BCUT2D eigenvalue weighted by atomic mass is 10.1. The Morgan fingerprint density at radius 1 is 0.909 bits per heavy atom. The van der Waals surface area contributed by atoms with Crippen LogP contribution in [0, 0.1) is 0 Å². The number of hydrogen-bond donors (Lipinski definition) is 0. The standard InChI is InChI=1S/C26H25N3O3S/c1-5-12-27-26-29(28-16-21-9-11-23(31-3)15-25(21)32-4)24(17-33-26)20-7-6-19-14-22(30-2)10-8-18(19)13-20/h5-11,13-17H,1,12H2,2-4H3. The van der Waals surface area contributed by atoms with Crippen molar-refractivity contribution in [2.45, 2.75) is 0 Å². The Kier molecular flexibility index (Phi) is 6.90. The molecule has 3 aromatic carbocycles. The third kappa shape index (κ3) is 4.83. The van der Waals surface area contributed by atoms with Crippen LogP contribution in [0.2, 0.25) is 0 Å². The van der Waals surface area contributed by atoms with E-state index in [0.717, 1.165) is 43.9 Å². The summed E-state index contributed by atoms with van der Waals surface area (Å²) in [7, 11) is 4.93. The average molecular weight is 460 g/mol. The van der Waals surface area contributed by atoms with Gasteiger partial charge in [0.1, 0.15) is 17.2 Å². The molecule has 0 saturated heterocycles. The first kappa shape index (κ1) is 22.4. The minimum atomic E-state index is 0.513. The molecule has 0 aliphatic rings. The van der Waals surface area contributed by atoms with Crippen LogP contribution in [0.25, 0.3) is 22.0 Å². The van der Waals surface area contributed by atoms with Gasteiger partial charge in [0.05, 0.1) is 39.8 Å². The summed E-state index contributed by atoms with van der Waals surface area (Å²) in [4.78, 5) is 5.40. The molecule has 0 unspecified atom stereocenters. The molecule has 1 aromatic heterocycles.